The molecule has 0 radical (unpaired) electrons. The maximum absolute atomic E-state index is 2.45. The first-order chi connectivity index (χ1) is 27.5. The van der Waals surface area contributed by atoms with Crippen molar-refractivity contribution < 1.29 is 0 Å². The van der Waals surface area contributed by atoms with Crippen LogP contribution in [-0.2, 0) is 5.41 Å². The minimum atomic E-state index is -0.0525. The Bertz CT molecular complexity index is 3430. The third-order valence-electron chi connectivity index (χ3n) is 12.8. The second-order valence-electron chi connectivity index (χ2n) is 16.1. The van der Waals surface area contributed by atoms with Gasteiger partial charge >= 0.3 is 0 Å². The maximum atomic E-state index is 2.45. The normalized spacial score (nSPS) is 13.3. The van der Waals surface area contributed by atoms with Crippen molar-refractivity contribution in [3.63, 3.8) is 0 Å². The van der Waals surface area contributed by atoms with Crippen LogP contribution in [0, 0.1) is 0 Å². The van der Waals surface area contributed by atoms with Gasteiger partial charge in [-0.25, -0.2) is 0 Å². The summed E-state index contributed by atoms with van der Waals surface area (Å²) in [7, 11) is 0. The fraction of sp³-hybridized carbons (Fsp3) is 0.0545. The Morgan fingerprint density at radius 1 is 0.321 bits per heavy atom. The lowest BCUT2D eigenvalue weighted by atomic mass is 9.82. The summed E-state index contributed by atoms with van der Waals surface area (Å²) in [5.41, 5.74) is 14.0. The number of fused-ring (bicyclic) bond motifs is 13. The van der Waals surface area contributed by atoms with Crippen LogP contribution in [-0.4, -0.2) is 4.57 Å². The van der Waals surface area contributed by atoms with Crippen molar-refractivity contribution in [2.24, 2.45) is 0 Å². The molecule has 0 bridgehead atoms. The lowest BCUT2D eigenvalue weighted by Gasteiger charge is -2.22. The number of para-hydroxylation sites is 1. The van der Waals surface area contributed by atoms with Crippen molar-refractivity contribution in [2.75, 3.05) is 0 Å². The monoisotopic (exact) mass is 711 g/mol. The number of aromatic nitrogens is 1. The van der Waals surface area contributed by atoms with E-state index in [2.05, 4.69) is 206 Å². The number of benzene rings is 10. The van der Waals surface area contributed by atoms with Gasteiger partial charge in [0.25, 0.3) is 0 Å². The molecule has 1 nitrogen and oxygen atoms in total. The quantitative estimate of drug-likeness (QED) is 0.127. The molecule has 0 saturated heterocycles. The van der Waals surface area contributed by atoms with Gasteiger partial charge in [-0.3, -0.25) is 0 Å². The molecule has 0 spiro atoms. The molecule has 11 aromatic rings. The third-order valence-corrected chi connectivity index (χ3v) is 12.8. The van der Waals surface area contributed by atoms with Crippen LogP contribution >= 0.6 is 0 Å². The van der Waals surface area contributed by atoms with E-state index in [4.69, 9.17) is 0 Å². The van der Waals surface area contributed by atoms with Crippen molar-refractivity contribution in [3.8, 4) is 39.1 Å². The van der Waals surface area contributed by atoms with E-state index >= 15 is 0 Å². The average Bonchev–Trinajstić information content (AvgIpc) is 3.70. The number of hydrogen-bond acceptors (Lipinski definition) is 0. The molecule has 1 aliphatic rings. The summed E-state index contributed by atoms with van der Waals surface area (Å²) in [6.45, 7) is 4.72. The molecule has 1 aromatic heterocycles. The van der Waals surface area contributed by atoms with Gasteiger partial charge in [-0.05, 0) is 130 Å². The molecule has 0 amide bonds. The molecular weight excluding hydrogens is 675 g/mol. The predicted octanol–water partition coefficient (Wildman–Crippen LogP) is 15.0. The molecule has 1 heterocycles. The zero-order valence-corrected chi connectivity index (χ0v) is 31.3. The largest absolute Gasteiger partial charge is 0.309 e. The highest BCUT2D eigenvalue weighted by molar-refractivity contribution is 6.27. The van der Waals surface area contributed by atoms with Gasteiger partial charge in [-0.15, -0.1) is 0 Å². The Kier molecular flexibility index (Phi) is 6.46. The summed E-state index contributed by atoms with van der Waals surface area (Å²) in [6.07, 6.45) is 0. The van der Waals surface area contributed by atoms with Gasteiger partial charge in [0.05, 0.1) is 11.0 Å². The van der Waals surface area contributed by atoms with Crippen LogP contribution in [0.25, 0.3) is 104 Å². The molecule has 1 heteroatoms. The molecule has 0 aliphatic heterocycles. The maximum Gasteiger partial charge on any atom is 0.0541 e. The average molecular weight is 712 g/mol. The lowest BCUT2D eigenvalue weighted by molar-refractivity contribution is 0.660. The highest BCUT2D eigenvalue weighted by Crippen LogP contribution is 2.49. The Balaban J connectivity index is 0.961. The van der Waals surface area contributed by atoms with E-state index in [0.717, 1.165) is 0 Å². The summed E-state index contributed by atoms with van der Waals surface area (Å²) >= 11 is 0. The Hall–Kier alpha value is -6.96. The number of hydrogen-bond donors (Lipinski definition) is 0. The first-order valence-corrected chi connectivity index (χ1v) is 19.7. The second-order valence-corrected chi connectivity index (χ2v) is 16.1. The molecule has 0 fully saturated rings. The van der Waals surface area contributed by atoms with E-state index in [1.165, 1.54) is 115 Å². The molecule has 0 N–H and O–H groups in total. The smallest absolute Gasteiger partial charge is 0.0541 e. The van der Waals surface area contributed by atoms with Gasteiger partial charge in [0.1, 0.15) is 0 Å². The van der Waals surface area contributed by atoms with Crippen LogP contribution in [0.1, 0.15) is 25.0 Å². The van der Waals surface area contributed by atoms with Crippen molar-refractivity contribution >= 4 is 64.9 Å². The van der Waals surface area contributed by atoms with Crippen molar-refractivity contribution in [2.45, 2.75) is 19.3 Å². The summed E-state index contributed by atoms with van der Waals surface area (Å²) in [5, 5.41) is 12.9. The van der Waals surface area contributed by atoms with Gasteiger partial charge in [-0.1, -0.05) is 159 Å². The molecule has 262 valence electrons. The molecule has 10 aromatic carbocycles. The van der Waals surface area contributed by atoms with E-state index in [1.54, 1.807) is 0 Å². The summed E-state index contributed by atoms with van der Waals surface area (Å²) in [6, 6.07) is 70.2. The second kappa shape index (κ2) is 11.5. The van der Waals surface area contributed by atoms with Crippen LogP contribution < -0.4 is 0 Å². The Labute approximate surface area is 325 Å². The van der Waals surface area contributed by atoms with Crippen LogP contribution in [0.2, 0.25) is 0 Å². The first-order valence-electron chi connectivity index (χ1n) is 19.7. The zero-order chi connectivity index (χ0) is 37.1. The van der Waals surface area contributed by atoms with E-state index in [0.29, 0.717) is 0 Å². The van der Waals surface area contributed by atoms with Gasteiger partial charge in [-0.2, -0.15) is 0 Å². The molecule has 0 atom stereocenters. The summed E-state index contributed by atoms with van der Waals surface area (Å²) < 4.78 is 2.45. The van der Waals surface area contributed by atoms with Crippen LogP contribution in [0.5, 0.6) is 0 Å². The first kappa shape index (κ1) is 31.4. The summed E-state index contributed by atoms with van der Waals surface area (Å²) in [4.78, 5) is 0. The summed E-state index contributed by atoms with van der Waals surface area (Å²) in [5.74, 6) is 0. The predicted molar refractivity (Wildman–Crippen MR) is 239 cm³/mol. The van der Waals surface area contributed by atoms with Crippen LogP contribution in [0.4, 0.5) is 0 Å². The van der Waals surface area contributed by atoms with Gasteiger partial charge in [0.15, 0.2) is 0 Å². The van der Waals surface area contributed by atoms with Gasteiger partial charge in [0, 0.05) is 21.9 Å². The number of rotatable bonds is 3. The van der Waals surface area contributed by atoms with Crippen molar-refractivity contribution in [1.29, 1.82) is 0 Å². The Morgan fingerprint density at radius 2 is 0.893 bits per heavy atom. The number of nitrogens with zero attached hydrogens (tertiary/aromatic N) is 1. The third kappa shape index (κ3) is 4.37. The minimum Gasteiger partial charge on any atom is -0.309 e. The topological polar surface area (TPSA) is 4.93 Å². The SMILES string of the molecule is CC1(C)c2ccccc2-c2ccc(-n3c4ccccc4c4cc(-c5ccc(-c6cccc7cc8c9ccccc9c9ccccc9c8cc67)cc5)ccc43)cc21. The minimum absolute atomic E-state index is 0.0525. The van der Waals surface area contributed by atoms with E-state index in [1.807, 2.05) is 0 Å². The molecule has 56 heavy (non-hydrogen) atoms. The lowest BCUT2D eigenvalue weighted by Crippen LogP contribution is -2.15. The molecule has 0 saturated carbocycles. The van der Waals surface area contributed by atoms with Crippen LogP contribution in [0.3, 0.4) is 0 Å². The highest BCUT2D eigenvalue weighted by Gasteiger charge is 2.35. The highest BCUT2D eigenvalue weighted by atomic mass is 15.0. The van der Waals surface area contributed by atoms with Crippen molar-refractivity contribution in [1.82, 2.24) is 4.57 Å². The van der Waals surface area contributed by atoms with Gasteiger partial charge in [0.2, 0.25) is 0 Å². The van der Waals surface area contributed by atoms with Crippen molar-refractivity contribution in [3.05, 3.63) is 199 Å². The fourth-order valence-electron chi connectivity index (χ4n) is 10.0. The molecule has 12 rings (SSSR count). The Morgan fingerprint density at radius 3 is 1.66 bits per heavy atom. The molecule has 0 unspecified atom stereocenters. The molecular formula is C55H37N. The van der Waals surface area contributed by atoms with Crippen LogP contribution in [0.15, 0.2) is 188 Å². The van der Waals surface area contributed by atoms with E-state index in [-0.39, 0.29) is 5.41 Å². The van der Waals surface area contributed by atoms with Gasteiger partial charge < -0.3 is 4.57 Å². The molecule has 1 aliphatic carbocycles. The fourth-order valence-corrected chi connectivity index (χ4v) is 10.0. The van der Waals surface area contributed by atoms with E-state index < -0.39 is 0 Å². The zero-order valence-electron chi connectivity index (χ0n) is 31.3. The van der Waals surface area contributed by atoms with E-state index in [9.17, 15) is 0 Å². The standard InChI is InChI=1S/C55H37N/c1-55(2)51-20-9-7-17-44(51)45-28-27-38(32-52(45)55)56-53-21-10-8-18-46(53)50-30-36(26-29-54(50)56)34-22-24-35(25-23-34)39-19-11-12-37-31-48-42-15-5-3-13-40(42)41-14-4-6-16-43(41)49(48)33-47(37)39/h3-33H,1-2H3.